The van der Waals surface area contributed by atoms with E-state index in [-0.39, 0.29) is 0 Å². The number of hydrogen-bond donors (Lipinski definition) is 2. The molecule has 2 heteroatoms. The van der Waals surface area contributed by atoms with E-state index in [9.17, 15) is 0 Å². The summed E-state index contributed by atoms with van der Waals surface area (Å²) in [7, 11) is 0. The average molecular weight is 174 g/mol. The van der Waals surface area contributed by atoms with Gasteiger partial charge in [0.2, 0.25) is 0 Å². The molecule has 2 rings (SSSR count). The highest BCUT2D eigenvalue weighted by atomic mass is 14.5. The molecule has 0 saturated heterocycles. The highest BCUT2D eigenvalue weighted by Gasteiger charge is 2.11. The van der Waals surface area contributed by atoms with Gasteiger partial charge in [-0.2, -0.15) is 0 Å². The van der Waals surface area contributed by atoms with E-state index in [1.807, 2.05) is 6.07 Å². The molecule has 0 saturated carbocycles. The Morgan fingerprint density at radius 1 is 1.31 bits per heavy atom. The molecule has 0 heterocycles. The van der Waals surface area contributed by atoms with Crippen LogP contribution in [-0.4, -0.2) is 6.54 Å². The molecule has 0 unspecified atom stereocenters. The maximum atomic E-state index is 5.70. The van der Waals surface area contributed by atoms with Gasteiger partial charge in [-0.15, -0.1) is 0 Å². The lowest BCUT2D eigenvalue weighted by molar-refractivity contribution is 0.927. The quantitative estimate of drug-likeness (QED) is 0.668. The monoisotopic (exact) mass is 174 g/mol. The smallest absolute Gasteiger partial charge is 0.0317 e. The predicted octanol–water partition coefficient (Wildman–Crippen LogP) is 1.56. The molecule has 0 aromatic heterocycles. The number of hydrogen-bond acceptors (Lipinski definition) is 2. The summed E-state index contributed by atoms with van der Waals surface area (Å²) < 4.78 is 0. The maximum absolute atomic E-state index is 5.70. The molecule has 0 radical (unpaired) electrons. The summed E-state index contributed by atoms with van der Waals surface area (Å²) in [6, 6.07) is 6.07. The first-order chi connectivity index (χ1) is 6.29. The lowest BCUT2D eigenvalue weighted by Crippen LogP contribution is -2.00. The van der Waals surface area contributed by atoms with Crippen LogP contribution < -0.4 is 11.5 Å². The second kappa shape index (κ2) is 3.23. The zero-order valence-corrected chi connectivity index (χ0v) is 7.59. The van der Waals surface area contributed by atoms with Crippen LogP contribution >= 0.6 is 0 Å². The van der Waals surface area contributed by atoms with Crippen molar-refractivity contribution in [2.45, 2.75) is 12.8 Å². The van der Waals surface area contributed by atoms with Gasteiger partial charge in [-0.3, -0.25) is 0 Å². The lowest BCUT2D eigenvalue weighted by Gasteiger charge is -2.00. The number of benzene rings is 1. The van der Waals surface area contributed by atoms with Crippen molar-refractivity contribution >= 4 is 11.8 Å². The molecule has 68 valence electrons. The second-order valence-electron chi connectivity index (χ2n) is 3.48. The molecule has 1 aromatic rings. The van der Waals surface area contributed by atoms with Crippen molar-refractivity contribution in [3.05, 3.63) is 34.9 Å². The number of anilines is 1. The summed E-state index contributed by atoms with van der Waals surface area (Å²) in [5, 5.41) is 0. The van der Waals surface area contributed by atoms with E-state index in [2.05, 4.69) is 18.2 Å². The van der Waals surface area contributed by atoms with Crippen LogP contribution in [-0.2, 0) is 6.42 Å². The molecule has 0 bridgehead atoms. The predicted molar refractivity (Wildman–Crippen MR) is 56.2 cm³/mol. The Labute approximate surface area is 78.2 Å². The van der Waals surface area contributed by atoms with Crippen LogP contribution in [0.5, 0.6) is 0 Å². The molecule has 0 amide bonds. The highest BCUT2D eigenvalue weighted by Crippen LogP contribution is 2.27. The first-order valence-electron chi connectivity index (χ1n) is 4.57. The van der Waals surface area contributed by atoms with Crippen LogP contribution in [0.25, 0.3) is 6.08 Å². The van der Waals surface area contributed by atoms with Gasteiger partial charge in [-0.1, -0.05) is 17.7 Å². The van der Waals surface area contributed by atoms with Crippen molar-refractivity contribution in [3.8, 4) is 0 Å². The van der Waals surface area contributed by atoms with Crippen LogP contribution in [0.3, 0.4) is 0 Å². The van der Waals surface area contributed by atoms with Gasteiger partial charge in [-0.25, -0.2) is 0 Å². The molecule has 0 aliphatic heterocycles. The third-order valence-corrected chi connectivity index (χ3v) is 2.41. The molecule has 4 N–H and O–H groups in total. The van der Waals surface area contributed by atoms with Crippen LogP contribution in [0.2, 0.25) is 0 Å². The van der Waals surface area contributed by atoms with Crippen molar-refractivity contribution in [3.63, 3.8) is 0 Å². The minimum Gasteiger partial charge on any atom is -0.399 e. The molecular weight excluding hydrogens is 160 g/mol. The lowest BCUT2D eigenvalue weighted by atomic mass is 10.1. The van der Waals surface area contributed by atoms with Gasteiger partial charge in [0.05, 0.1) is 0 Å². The minimum absolute atomic E-state index is 0.731. The second-order valence-corrected chi connectivity index (χ2v) is 3.48. The number of rotatable bonds is 2. The van der Waals surface area contributed by atoms with Crippen LogP contribution in [0.4, 0.5) is 5.69 Å². The summed E-state index contributed by atoms with van der Waals surface area (Å²) in [6.45, 7) is 0.731. The first-order valence-corrected chi connectivity index (χ1v) is 4.57. The van der Waals surface area contributed by atoms with E-state index in [0.29, 0.717) is 0 Å². The van der Waals surface area contributed by atoms with Gasteiger partial charge >= 0.3 is 0 Å². The van der Waals surface area contributed by atoms with Crippen molar-refractivity contribution < 1.29 is 0 Å². The Kier molecular flexibility index (Phi) is 2.07. The standard InChI is InChI=1S/C11H14N2/c12-4-3-8-5-9-1-2-11(13)7-10(9)6-8/h1-2,5,7H,3-4,6,12-13H2. The summed E-state index contributed by atoms with van der Waals surface area (Å²) in [5.41, 5.74) is 16.1. The van der Waals surface area contributed by atoms with E-state index in [4.69, 9.17) is 11.5 Å². The van der Waals surface area contributed by atoms with E-state index in [0.717, 1.165) is 25.1 Å². The molecule has 0 spiro atoms. The van der Waals surface area contributed by atoms with E-state index in [1.54, 1.807) is 0 Å². The molecular formula is C11H14N2. The van der Waals surface area contributed by atoms with Gasteiger partial charge in [0.15, 0.2) is 0 Å². The van der Waals surface area contributed by atoms with Crippen LogP contribution in [0.15, 0.2) is 23.8 Å². The van der Waals surface area contributed by atoms with Gasteiger partial charge in [0, 0.05) is 5.69 Å². The fourth-order valence-corrected chi connectivity index (χ4v) is 1.78. The van der Waals surface area contributed by atoms with Crippen LogP contribution in [0, 0.1) is 0 Å². The van der Waals surface area contributed by atoms with E-state index < -0.39 is 0 Å². The number of nitrogens with two attached hydrogens (primary N) is 2. The summed E-state index contributed by atoms with van der Waals surface area (Å²) in [4.78, 5) is 0. The molecule has 2 nitrogen and oxygen atoms in total. The zero-order valence-electron chi connectivity index (χ0n) is 7.59. The zero-order chi connectivity index (χ0) is 9.26. The van der Waals surface area contributed by atoms with Crippen molar-refractivity contribution in [2.24, 2.45) is 5.73 Å². The number of fused-ring (bicyclic) bond motifs is 1. The summed E-state index contributed by atoms with van der Waals surface area (Å²) >= 11 is 0. The molecule has 0 fully saturated rings. The third-order valence-electron chi connectivity index (χ3n) is 2.41. The van der Waals surface area contributed by atoms with Crippen LogP contribution in [0.1, 0.15) is 17.5 Å². The van der Waals surface area contributed by atoms with Crippen molar-refractivity contribution in [1.29, 1.82) is 0 Å². The molecule has 0 atom stereocenters. The van der Waals surface area contributed by atoms with Gasteiger partial charge in [0.1, 0.15) is 0 Å². The maximum Gasteiger partial charge on any atom is 0.0317 e. The Morgan fingerprint density at radius 3 is 2.92 bits per heavy atom. The SMILES string of the molecule is NCCC1=Cc2ccc(N)cc2C1. The van der Waals surface area contributed by atoms with Gasteiger partial charge in [-0.05, 0) is 42.6 Å². The van der Waals surface area contributed by atoms with Crippen molar-refractivity contribution in [1.82, 2.24) is 0 Å². The Hall–Kier alpha value is -1.28. The van der Waals surface area contributed by atoms with E-state index in [1.165, 1.54) is 16.7 Å². The first kappa shape index (κ1) is 8.32. The normalized spacial score (nSPS) is 14.1. The fourth-order valence-electron chi connectivity index (χ4n) is 1.78. The number of nitrogen functional groups attached to an aromatic ring is 1. The highest BCUT2D eigenvalue weighted by molar-refractivity contribution is 5.66. The molecule has 1 aliphatic carbocycles. The van der Waals surface area contributed by atoms with Crippen molar-refractivity contribution in [2.75, 3.05) is 12.3 Å². The topological polar surface area (TPSA) is 52.0 Å². The summed E-state index contributed by atoms with van der Waals surface area (Å²) in [5.74, 6) is 0. The largest absolute Gasteiger partial charge is 0.399 e. The molecule has 1 aromatic carbocycles. The third kappa shape index (κ3) is 1.58. The Morgan fingerprint density at radius 2 is 2.15 bits per heavy atom. The summed E-state index contributed by atoms with van der Waals surface area (Å²) in [6.07, 6.45) is 4.24. The fraction of sp³-hybridized carbons (Fsp3) is 0.273. The minimum atomic E-state index is 0.731. The Balaban J connectivity index is 2.25. The Bertz CT molecular complexity index is 353. The molecule has 1 aliphatic rings. The average Bonchev–Trinajstić information content (AvgIpc) is 2.46. The van der Waals surface area contributed by atoms with E-state index >= 15 is 0 Å². The molecule has 13 heavy (non-hydrogen) atoms. The van der Waals surface area contributed by atoms with Gasteiger partial charge in [0.25, 0.3) is 0 Å². The van der Waals surface area contributed by atoms with Gasteiger partial charge < -0.3 is 11.5 Å².